The van der Waals surface area contributed by atoms with Gasteiger partial charge in [-0.2, -0.15) is 0 Å². The van der Waals surface area contributed by atoms with Gasteiger partial charge < -0.3 is 19.3 Å². The Morgan fingerprint density at radius 3 is 2.50 bits per heavy atom. The van der Waals surface area contributed by atoms with Crippen LogP contribution in [0.15, 0.2) is 41.2 Å². The molecule has 2 aliphatic rings. The lowest BCUT2D eigenvalue weighted by Crippen LogP contribution is -2.49. The summed E-state index contributed by atoms with van der Waals surface area (Å²) in [5.74, 6) is -2.35. The first-order valence-corrected chi connectivity index (χ1v) is 9.92. The van der Waals surface area contributed by atoms with E-state index in [-0.39, 0.29) is 31.0 Å². The number of esters is 1. The fraction of sp³-hybridized carbons (Fsp3) is 0.409. The highest BCUT2D eigenvalue weighted by atomic mass is 19.1. The van der Waals surface area contributed by atoms with E-state index in [0.29, 0.717) is 16.8 Å². The molecule has 2 aliphatic heterocycles. The number of aromatic nitrogens is 1. The minimum atomic E-state index is -0.759. The molecule has 158 valence electrons. The van der Waals surface area contributed by atoms with E-state index in [4.69, 9.17) is 4.74 Å². The second kappa shape index (κ2) is 7.68. The summed E-state index contributed by atoms with van der Waals surface area (Å²) in [6, 6.07) is 7.84. The molecule has 1 amide bonds. The molecule has 0 spiro atoms. The number of benzene rings is 1. The number of ether oxygens (including phenoxy) is 1. The van der Waals surface area contributed by atoms with E-state index in [1.165, 1.54) is 31.4 Å². The number of nitrogens with zero attached hydrogens (tertiary/aromatic N) is 2. The van der Waals surface area contributed by atoms with Gasteiger partial charge in [0.2, 0.25) is 5.91 Å². The Morgan fingerprint density at radius 2 is 1.90 bits per heavy atom. The van der Waals surface area contributed by atoms with Crippen molar-refractivity contribution in [2.75, 3.05) is 13.7 Å². The van der Waals surface area contributed by atoms with Gasteiger partial charge in [-0.25, -0.2) is 4.39 Å². The Morgan fingerprint density at radius 1 is 1.20 bits per heavy atom. The van der Waals surface area contributed by atoms with Crippen molar-refractivity contribution < 1.29 is 23.8 Å². The number of halogens is 1. The van der Waals surface area contributed by atoms with Crippen molar-refractivity contribution in [3.05, 3.63) is 58.3 Å². The van der Waals surface area contributed by atoms with Gasteiger partial charge in [-0.1, -0.05) is 19.1 Å². The summed E-state index contributed by atoms with van der Waals surface area (Å²) in [7, 11) is 1.27. The van der Waals surface area contributed by atoms with Crippen LogP contribution >= 0.6 is 0 Å². The second-order valence-electron chi connectivity index (χ2n) is 7.66. The molecule has 1 N–H and O–H groups in total. The zero-order valence-electron chi connectivity index (χ0n) is 16.7. The van der Waals surface area contributed by atoms with E-state index < -0.39 is 35.7 Å². The van der Waals surface area contributed by atoms with Crippen molar-refractivity contribution in [1.82, 2.24) is 9.47 Å². The zero-order chi connectivity index (χ0) is 21.6. The van der Waals surface area contributed by atoms with Gasteiger partial charge in [0.1, 0.15) is 5.82 Å². The first-order valence-electron chi connectivity index (χ1n) is 9.92. The Bertz CT molecular complexity index is 1050. The van der Waals surface area contributed by atoms with Crippen molar-refractivity contribution in [3.63, 3.8) is 0 Å². The summed E-state index contributed by atoms with van der Waals surface area (Å²) in [5.41, 5.74) is 1.25. The highest BCUT2D eigenvalue weighted by Gasteiger charge is 2.57. The molecule has 1 saturated heterocycles. The fourth-order valence-corrected chi connectivity index (χ4v) is 4.88. The Labute approximate surface area is 172 Å². The average Bonchev–Trinajstić information content (AvgIpc) is 3.00. The van der Waals surface area contributed by atoms with Crippen LogP contribution in [0.25, 0.3) is 11.1 Å². The fourth-order valence-electron chi connectivity index (χ4n) is 4.88. The van der Waals surface area contributed by atoms with Crippen LogP contribution in [0.2, 0.25) is 0 Å². The Kier molecular flexibility index (Phi) is 5.19. The second-order valence-corrected chi connectivity index (χ2v) is 7.66. The van der Waals surface area contributed by atoms with Gasteiger partial charge in [0.15, 0.2) is 0 Å². The first kappa shape index (κ1) is 20.3. The van der Waals surface area contributed by atoms with Gasteiger partial charge in [-0.3, -0.25) is 14.4 Å². The molecule has 4 rings (SSSR count). The van der Waals surface area contributed by atoms with Crippen molar-refractivity contribution in [2.45, 2.75) is 32.0 Å². The lowest BCUT2D eigenvalue weighted by Gasteiger charge is -2.38. The van der Waals surface area contributed by atoms with Crippen LogP contribution in [-0.4, -0.2) is 46.2 Å². The van der Waals surface area contributed by atoms with Gasteiger partial charge in [0, 0.05) is 36.7 Å². The summed E-state index contributed by atoms with van der Waals surface area (Å²) < 4.78 is 19.8. The van der Waals surface area contributed by atoms with Crippen LogP contribution in [0.3, 0.4) is 0 Å². The molecular formula is C22H23FN2O5. The molecule has 3 heterocycles. The summed E-state index contributed by atoms with van der Waals surface area (Å²) >= 11 is 0. The van der Waals surface area contributed by atoms with Crippen molar-refractivity contribution in [2.24, 2.45) is 11.8 Å². The van der Waals surface area contributed by atoms with Crippen molar-refractivity contribution >= 4 is 11.9 Å². The smallest absolute Gasteiger partial charge is 0.311 e. The predicted octanol–water partition coefficient (Wildman–Crippen LogP) is 1.73. The molecule has 0 unspecified atom stereocenters. The molecule has 2 aromatic rings. The summed E-state index contributed by atoms with van der Waals surface area (Å²) in [5, 5.41) is 10.0. The number of carbonyl (C=O) groups is 2. The van der Waals surface area contributed by atoms with Gasteiger partial charge in [-0.15, -0.1) is 0 Å². The third kappa shape index (κ3) is 2.94. The quantitative estimate of drug-likeness (QED) is 0.770. The van der Waals surface area contributed by atoms with Crippen LogP contribution in [0.4, 0.5) is 4.39 Å². The molecule has 4 atom stereocenters. The number of aliphatic hydroxyl groups excluding tert-OH is 1. The normalized spacial score (nSPS) is 24.5. The highest BCUT2D eigenvalue weighted by molar-refractivity contribution is 5.81. The number of hydrogen-bond donors (Lipinski definition) is 1. The zero-order valence-corrected chi connectivity index (χ0v) is 16.7. The maximum absolute atomic E-state index is 13.3. The maximum atomic E-state index is 13.3. The third-order valence-corrected chi connectivity index (χ3v) is 6.26. The first-order chi connectivity index (χ1) is 14.4. The van der Waals surface area contributed by atoms with Crippen LogP contribution in [0.1, 0.15) is 25.1 Å². The SMILES string of the molecule is CCC(=O)N1[C@@H]2Cn3c(ccc(-c4ccc(F)cc4)c3=O)[C@H]1[C@@H](C(=O)OC)[C@@H]2CO. The Balaban J connectivity index is 1.88. The number of methoxy groups -OCH3 is 1. The van der Waals surface area contributed by atoms with Gasteiger partial charge in [0.25, 0.3) is 5.56 Å². The molecule has 0 radical (unpaired) electrons. The van der Waals surface area contributed by atoms with Crippen LogP contribution in [-0.2, 0) is 20.9 Å². The highest BCUT2D eigenvalue weighted by Crippen LogP contribution is 2.49. The summed E-state index contributed by atoms with van der Waals surface area (Å²) in [6.45, 7) is 1.61. The number of amides is 1. The van der Waals surface area contributed by atoms with Crippen LogP contribution < -0.4 is 5.56 Å². The molecule has 30 heavy (non-hydrogen) atoms. The van der Waals surface area contributed by atoms with E-state index in [9.17, 15) is 23.9 Å². The van der Waals surface area contributed by atoms with E-state index in [0.717, 1.165) is 0 Å². The van der Waals surface area contributed by atoms with E-state index in [1.54, 1.807) is 28.5 Å². The third-order valence-electron chi connectivity index (χ3n) is 6.26. The minimum Gasteiger partial charge on any atom is -0.469 e. The molecule has 0 aliphatic carbocycles. The minimum absolute atomic E-state index is 0.142. The van der Waals surface area contributed by atoms with Gasteiger partial charge in [0.05, 0.1) is 25.1 Å². The molecule has 0 saturated carbocycles. The lowest BCUT2D eigenvalue weighted by atomic mass is 9.87. The van der Waals surface area contributed by atoms with Crippen LogP contribution in [0.5, 0.6) is 0 Å². The van der Waals surface area contributed by atoms with E-state index in [2.05, 4.69) is 0 Å². The largest absolute Gasteiger partial charge is 0.469 e. The van der Waals surface area contributed by atoms with Gasteiger partial charge >= 0.3 is 5.97 Å². The van der Waals surface area contributed by atoms with E-state index >= 15 is 0 Å². The van der Waals surface area contributed by atoms with Crippen molar-refractivity contribution in [3.8, 4) is 11.1 Å². The number of fused-ring (bicyclic) bond motifs is 4. The summed E-state index contributed by atoms with van der Waals surface area (Å²) in [4.78, 5) is 40.3. The lowest BCUT2D eigenvalue weighted by molar-refractivity contribution is -0.148. The van der Waals surface area contributed by atoms with Crippen molar-refractivity contribution in [1.29, 1.82) is 0 Å². The monoisotopic (exact) mass is 414 g/mol. The number of rotatable bonds is 4. The molecule has 1 aromatic heterocycles. The van der Waals surface area contributed by atoms with Crippen LogP contribution in [0, 0.1) is 17.7 Å². The number of aliphatic hydroxyl groups is 1. The van der Waals surface area contributed by atoms with E-state index in [1.807, 2.05) is 0 Å². The molecule has 1 fully saturated rings. The topological polar surface area (TPSA) is 88.8 Å². The average molecular weight is 414 g/mol. The molecule has 8 heteroatoms. The van der Waals surface area contributed by atoms with Gasteiger partial charge in [-0.05, 0) is 29.8 Å². The number of pyridine rings is 1. The standard InChI is InChI=1S/C22H23FN2O5/c1-3-18(27)25-17-10-24-16(20(25)19(15(17)11-26)22(29)30-2)9-8-14(21(24)28)12-4-6-13(23)7-5-12/h4-9,15,17,19-20,26H,3,10-11H2,1-2H3/t15-,17-,19+,20+/m1/s1. The maximum Gasteiger partial charge on any atom is 0.311 e. The Hall–Kier alpha value is -3.00. The predicted molar refractivity (Wildman–Crippen MR) is 106 cm³/mol. The molecule has 1 aromatic carbocycles. The summed E-state index contributed by atoms with van der Waals surface area (Å²) in [6.07, 6.45) is 0.247. The number of carbonyl (C=O) groups excluding carboxylic acids is 2. The molecular weight excluding hydrogens is 391 g/mol. The molecule has 2 bridgehead atoms. The molecule has 7 nitrogen and oxygen atoms in total. The number of hydrogen-bond acceptors (Lipinski definition) is 5.